The molecule has 0 bridgehead atoms. The van der Waals surface area contributed by atoms with Gasteiger partial charge in [0, 0.05) is 24.4 Å². The molecule has 0 saturated carbocycles. The maximum atomic E-state index is 11.2. The fourth-order valence-electron chi connectivity index (χ4n) is 2.06. The van der Waals surface area contributed by atoms with Crippen molar-refractivity contribution in [1.82, 2.24) is 14.4 Å². The fraction of sp³-hybridized carbons (Fsp3) is 0.818. The molecule has 0 radical (unpaired) electrons. The Bertz CT molecular complexity index is 539. The first-order valence-electron chi connectivity index (χ1n) is 6.30. The van der Waals surface area contributed by atoms with Gasteiger partial charge in [0.1, 0.15) is 0 Å². The van der Waals surface area contributed by atoms with Gasteiger partial charge in [-0.1, -0.05) is 25.9 Å². The molecular formula is C11H20N4O3S. The lowest BCUT2D eigenvalue weighted by Gasteiger charge is -2.27. The molecule has 0 atom stereocenters. The fourth-order valence-corrected chi connectivity index (χ4v) is 2.78. The molecule has 19 heavy (non-hydrogen) atoms. The van der Waals surface area contributed by atoms with Crippen LogP contribution in [0.4, 0.5) is 0 Å². The van der Waals surface area contributed by atoms with Crippen LogP contribution < -0.4 is 5.14 Å². The van der Waals surface area contributed by atoms with Crippen molar-refractivity contribution < 1.29 is 12.9 Å². The molecule has 0 spiro atoms. The molecule has 2 N–H and O–H groups in total. The quantitative estimate of drug-likeness (QED) is 0.865. The van der Waals surface area contributed by atoms with Crippen LogP contribution in [0.5, 0.6) is 0 Å². The summed E-state index contributed by atoms with van der Waals surface area (Å²) in [4.78, 5) is 4.42. The number of nitrogens with zero attached hydrogens (tertiary/aromatic N) is 3. The molecule has 0 aliphatic carbocycles. The summed E-state index contributed by atoms with van der Waals surface area (Å²) in [5.41, 5.74) is -0.150. The third-order valence-corrected chi connectivity index (χ3v) is 4.36. The van der Waals surface area contributed by atoms with Crippen LogP contribution in [0.25, 0.3) is 0 Å². The smallest absolute Gasteiger partial charge is 0.276 e. The molecule has 0 aromatic carbocycles. The topological polar surface area (TPSA) is 102 Å². The Balaban J connectivity index is 2.04. The summed E-state index contributed by atoms with van der Waals surface area (Å²) in [6, 6.07) is 0. The predicted octanol–water partition coefficient (Wildman–Crippen LogP) is 0.750. The van der Waals surface area contributed by atoms with Gasteiger partial charge in [-0.3, -0.25) is 0 Å². The van der Waals surface area contributed by atoms with Crippen LogP contribution in [0.1, 0.15) is 51.2 Å². The monoisotopic (exact) mass is 288 g/mol. The maximum absolute atomic E-state index is 11.2. The van der Waals surface area contributed by atoms with Crippen molar-refractivity contribution in [2.45, 2.75) is 44.9 Å². The number of aromatic nitrogens is 2. The van der Waals surface area contributed by atoms with Crippen molar-refractivity contribution in [3.05, 3.63) is 11.7 Å². The van der Waals surface area contributed by atoms with Crippen molar-refractivity contribution in [3.63, 3.8) is 0 Å². The SMILES string of the molecule is CC(C)(C)c1noc(C2CCN(S(N)(=O)=O)CC2)n1. The third-order valence-electron chi connectivity index (χ3n) is 3.28. The van der Waals surface area contributed by atoms with Crippen LogP contribution in [0.15, 0.2) is 4.52 Å². The van der Waals surface area contributed by atoms with Gasteiger partial charge in [-0.15, -0.1) is 0 Å². The molecule has 1 saturated heterocycles. The summed E-state index contributed by atoms with van der Waals surface area (Å²) in [6.45, 7) is 6.86. The zero-order chi connectivity index (χ0) is 14.3. The van der Waals surface area contributed by atoms with Gasteiger partial charge in [0.25, 0.3) is 10.2 Å². The second-order valence-electron chi connectivity index (χ2n) is 5.92. The molecule has 0 amide bonds. The summed E-state index contributed by atoms with van der Waals surface area (Å²) in [6.07, 6.45) is 1.31. The van der Waals surface area contributed by atoms with E-state index < -0.39 is 10.2 Å². The molecule has 1 fully saturated rings. The Morgan fingerprint density at radius 2 is 1.89 bits per heavy atom. The summed E-state index contributed by atoms with van der Waals surface area (Å²) < 4.78 is 29.0. The first-order chi connectivity index (χ1) is 8.68. The van der Waals surface area contributed by atoms with E-state index in [-0.39, 0.29) is 11.3 Å². The minimum Gasteiger partial charge on any atom is -0.339 e. The first-order valence-corrected chi connectivity index (χ1v) is 7.80. The highest BCUT2D eigenvalue weighted by Crippen LogP contribution is 2.29. The van der Waals surface area contributed by atoms with E-state index >= 15 is 0 Å². The third kappa shape index (κ3) is 3.31. The average Bonchev–Trinajstić information content (AvgIpc) is 2.77. The van der Waals surface area contributed by atoms with Gasteiger partial charge in [0.2, 0.25) is 5.89 Å². The highest BCUT2D eigenvalue weighted by molar-refractivity contribution is 7.86. The van der Waals surface area contributed by atoms with E-state index in [2.05, 4.69) is 10.1 Å². The van der Waals surface area contributed by atoms with Crippen molar-refractivity contribution in [1.29, 1.82) is 0 Å². The van der Waals surface area contributed by atoms with Crippen LogP contribution in [0.2, 0.25) is 0 Å². The molecule has 108 valence electrons. The summed E-state index contributed by atoms with van der Waals surface area (Å²) in [5, 5.41) is 9.09. The Hall–Kier alpha value is -0.990. The Kier molecular flexibility index (Phi) is 3.67. The standard InChI is InChI=1S/C11H20N4O3S/c1-11(2,3)10-13-9(18-14-10)8-4-6-15(7-5-8)19(12,16)17/h8H,4-7H2,1-3H3,(H2,12,16,17). The van der Waals surface area contributed by atoms with Crippen molar-refractivity contribution in [3.8, 4) is 0 Å². The molecule has 1 aliphatic rings. The lowest BCUT2D eigenvalue weighted by atomic mass is 9.95. The highest BCUT2D eigenvalue weighted by atomic mass is 32.2. The largest absolute Gasteiger partial charge is 0.339 e. The lowest BCUT2D eigenvalue weighted by molar-refractivity contribution is 0.269. The molecule has 1 aromatic rings. The predicted molar refractivity (Wildman–Crippen MR) is 69.7 cm³/mol. The van der Waals surface area contributed by atoms with Gasteiger partial charge in [-0.2, -0.15) is 17.7 Å². The first kappa shape index (κ1) is 14.4. The van der Waals surface area contributed by atoms with Gasteiger partial charge in [-0.25, -0.2) is 5.14 Å². The van der Waals surface area contributed by atoms with Crippen LogP contribution in [0, 0.1) is 0 Å². The van der Waals surface area contributed by atoms with E-state index in [1.165, 1.54) is 4.31 Å². The van der Waals surface area contributed by atoms with Gasteiger partial charge in [0.05, 0.1) is 0 Å². The average molecular weight is 288 g/mol. The minimum absolute atomic E-state index is 0.113. The van der Waals surface area contributed by atoms with Crippen LogP contribution in [0.3, 0.4) is 0 Å². The van der Waals surface area contributed by atoms with E-state index in [1.54, 1.807) is 0 Å². The van der Waals surface area contributed by atoms with Gasteiger partial charge < -0.3 is 4.52 Å². The van der Waals surface area contributed by atoms with E-state index in [9.17, 15) is 8.42 Å². The second-order valence-corrected chi connectivity index (χ2v) is 7.47. The molecule has 1 aliphatic heterocycles. The van der Waals surface area contributed by atoms with Crippen LogP contribution in [-0.4, -0.2) is 36.0 Å². The number of rotatable bonds is 2. The van der Waals surface area contributed by atoms with Crippen molar-refractivity contribution >= 4 is 10.2 Å². The summed E-state index contributed by atoms with van der Waals surface area (Å²) in [7, 11) is -3.58. The minimum atomic E-state index is -3.58. The number of hydrogen-bond acceptors (Lipinski definition) is 5. The Morgan fingerprint density at radius 1 is 1.32 bits per heavy atom. The van der Waals surface area contributed by atoms with Crippen molar-refractivity contribution in [2.24, 2.45) is 5.14 Å². The molecular weight excluding hydrogens is 268 g/mol. The zero-order valence-corrected chi connectivity index (χ0v) is 12.3. The molecule has 7 nitrogen and oxygen atoms in total. The molecule has 0 unspecified atom stereocenters. The Morgan fingerprint density at radius 3 is 2.32 bits per heavy atom. The zero-order valence-electron chi connectivity index (χ0n) is 11.5. The van der Waals surface area contributed by atoms with E-state index in [0.29, 0.717) is 37.6 Å². The van der Waals surface area contributed by atoms with Crippen LogP contribution in [-0.2, 0) is 15.6 Å². The number of nitrogens with two attached hydrogens (primary N) is 1. The molecule has 8 heteroatoms. The van der Waals surface area contributed by atoms with Crippen LogP contribution >= 0.6 is 0 Å². The molecule has 1 aromatic heterocycles. The number of piperidine rings is 1. The lowest BCUT2D eigenvalue weighted by Crippen LogP contribution is -2.41. The maximum Gasteiger partial charge on any atom is 0.276 e. The van der Waals surface area contributed by atoms with E-state index in [0.717, 1.165) is 0 Å². The highest BCUT2D eigenvalue weighted by Gasteiger charge is 2.30. The van der Waals surface area contributed by atoms with Gasteiger partial charge in [-0.05, 0) is 12.8 Å². The van der Waals surface area contributed by atoms with E-state index in [4.69, 9.17) is 9.66 Å². The summed E-state index contributed by atoms with van der Waals surface area (Å²) >= 11 is 0. The van der Waals surface area contributed by atoms with Gasteiger partial charge in [0.15, 0.2) is 5.82 Å². The normalized spacial score (nSPS) is 19.8. The molecule has 2 heterocycles. The van der Waals surface area contributed by atoms with Gasteiger partial charge >= 0.3 is 0 Å². The number of hydrogen-bond donors (Lipinski definition) is 1. The van der Waals surface area contributed by atoms with E-state index in [1.807, 2.05) is 20.8 Å². The summed E-state index contributed by atoms with van der Waals surface area (Å²) in [5.74, 6) is 1.39. The van der Waals surface area contributed by atoms with Crippen molar-refractivity contribution in [2.75, 3.05) is 13.1 Å². The second kappa shape index (κ2) is 4.84. The Labute approximate surface area is 113 Å². The molecule has 2 rings (SSSR count).